The van der Waals surface area contributed by atoms with Crippen LogP contribution in [-0.2, 0) is 9.53 Å². The third-order valence-corrected chi connectivity index (χ3v) is 0.453. The van der Waals surface area contributed by atoms with E-state index in [1.807, 2.05) is 0 Å². The molecule has 0 saturated carbocycles. The van der Waals surface area contributed by atoms with Crippen molar-refractivity contribution in [3.63, 3.8) is 0 Å². The third-order valence-electron chi connectivity index (χ3n) is 0.453. The van der Waals surface area contributed by atoms with Gasteiger partial charge < -0.3 is 15.1 Å². The molecule has 0 saturated heterocycles. The molecule has 0 aliphatic rings. The fourth-order valence-corrected chi connectivity index (χ4v) is 0.216. The second kappa shape index (κ2) is 7.48. The Morgan fingerprint density at radius 3 is 2.25 bits per heavy atom. The Morgan fingerprint density at radius 2 is 2.17 bits per heavy atom. The highest BCUT2D eigenvalue weighted by molar-refractivity contribution is 5.81. The van der Waals surface area contributed by atoms with E-state index < -0.39 is 17.3 Å². The number of carbonyl (C=O) groups excluding carboxylic acids is 1. The molecule has 0 radical (unpaired) electrons. The predicted octanol–water partition coefficient (Wildman–Crippen LogP) is -0.294. The second-order valence-corrected chi connectivity index (χ2v) is 1.48. The van der Waals surface area contributed by atoms with Gasteiger partial charge in [0.1, 0.15) is 0 Å². The lowest BCUT2D eigenvalue weighted by molar-refractivity contribution is -0.742. The summed E-state index contributed by atoms with van der Waals surface area (Å²) >= 11 is 0. The second-order valence-electron chi connectivity index (χ2n) is 1.48. The molecule has 0 aromatic rings. The van der Waals surface area contributed by atoms with Gasteiger partial charge in [0.2, 0.25) is 0 Å². The van der Waals surface area contributed by atoms with Crippen LogP contribution < -0.4 is 0 Å². The summed E-state index contributed by atoms with van der Waals surface area (Å²) in [5, 5.41) is 22.0. The smallest absolute Gasteiger partial charge is 0.332 e. The van der Waals surface area contributed by atoms with Crippen molar-refractivity contribution in [3.8, 4) is 0 Å². The minimum absolute atomic E-state index is 0.611. The molecule has 0 aliphatic carbocycles. The first kappa shape index (κ1) is 13.0. The standard InChI is InChI=1S/C5H8O3.HNO3/c1-3-5(7)8-4(2)6;2-1(3)4/h3-4,6H,1H2,2H3;(H,2,3,4). The maximum absolute atomic E-state index is 10.1. The van der Waals surface area contributed by atoms with Gasteiger partial charge in [0.05, 0.1) is 0 Å². The van der Waals surface area contributed by atoms with Crippen molar-refractivity contribution >= 4 is 5.97 Å². The van der Waals surface area contributed by atoms with E-state index in [1.165, 1.54) is 6.92 Å². The molecule has 0 aromatic heterocycles. The molecule has 0 fully saturated rings. The lowest BCUT2D eigenvalue weighted by Crippen LogP contribution is -2.10. The Kier molecular flexibility index (Phi) is 8.10. The van der Waals surface area contributed by atoms with E-state index in [1.54, 1.807) is 0 Å². The first-order valence-corrected chi connectivity index (χ1v) is 2.74. The van der Waals surface area contributed by atoms with Crippen LogP contribution in [0.4, 0.5) is 0 Å². The van der Waals surface area contributed by atoms with Crippen LogP contribution in [0.1, 0.15) is 6.92 Å². The highest BCUT2D eigenvalue weighted by Gasteiger charge is 1.97. The Bertz CT molecular complexity index is 161. The average Bonchev–Trinajstić information content (AvgIpc) is 1.84. The molecular formula is C5H9NO6. The molecule has 7 heteroatoms. The van der Waals surface area contributed by atoms with Gasteiger partial charge in [-0.05, 0) is 6.92 Å². The van der Waals surface area contributed by atoms with Gasteiger partial charge in [-0.15, -0.1) is 10.1 Å². The number of rotatable bonds is 2. The molecule has 1 unspecified atom stereocenters. The van der Waals surface area contributed by atoms with Crippen LogP contribution in [-0.4, -0.2) is 27.7 Å². The summed E-state index contributed by atoms with van der Waals surface area (Å²) < 4.78 is 4.20. The van der Waals surface area contributed by atoms with Crippen molar-refractivity contribution < 1.29 is 24.9 Å². The quantitative estimate of drug-likeness (QED) is 0.198. The van der Waals surface area contributed by atoms with Crippen LogP contribution >= 0.6 is 0 Å². The van der Waals surface area contributed by atoms with Crippen LogP contribution in [0.5, 0.6) is 0 Å². The van der Waals surface area contributed by atoms with Gasteiger partial charge in [-0.3, -0.25) is 0 Å². The van der Waals surface area contributed by atoms with Crippen molar-refractivity contribution in [1.82, 2.24) is 0 Å². The van der Waals surface area contributed by atoms with Crippen LogP contribution in [0.3, 0.4) is 0 Å². The zero-order chi connectivity index (χ0) is 10.1. The summed E-state index contributed by atoms with van der Waals surface area (Å²) in [6.07, 6.45) is -0.0484. The number of esters is 1. The van der Waals surface area contributed by atoms with E-state index in [9.17, 15) is 4.79 Å². The molecule has 2 N–H and O–H groups in total. The SMILES string of the molecule is C=CC(=O)OC(C)O.O=[N+]([O-])O. The molecule has 12 heavy (non-hydrogen) atoms. The Balaban J connectivity index is 0. The molecule has 7 nitrogen and oxygen atoms in total. The van der Waals surface area contributed by atoms with Gasteiger partial charge in [-0.1, -0.05) is 6.58 Å². The lowest BCUT2D eigenvalue weighted by atomic mass is 10.6. The molecular weight excluding hydrogens is 170 g/mol. The minimum Gasteiger partial charge on any atom is -0.433 e. The number of hydrogen-bond acceptors (Lipinski definition) is 5. The molecule has 0 heterocycles. The van der Waals surface area contributed by atoms with Crippen LogP contribution in [0.2, 0.25) is 0 Å². The molecule has 1 atom stereocenters. The van der Waals surface area contributed by atoms with E-state index in [4.69, 9.17) is 20.4 Å². The van der Waals surface area contributed by atoms with Crippen molar-refractivity contribution in [1.29, 1.82) is 0 Å². The number of nitrogens with zero attached hydrogens (tertiary/aromatic N) is 1. The molecule has 0 aromatic carbocycles. The van der Waals surface area contributed by atoms with Crippen LogP contribution in [0.15, 0.2) is 12.7 Å². The van der Waals surface area contributed by atoms with Gasteiger partial charge in [-0.2, -0.15) is 0 Å². The Labute approximate surface area is 68.0 Å². The van der Waals surface area contributed by atoms with Crippen molar-refractivity contribution in [3.05, 3.63) is 22.8 Å². The Hall–Kier alpha value is -1.63. The number of ether oxygens (including phenoxy) is 1. The first-order chi connectivity index (χ1) is 5.40. The average molecular weight is 179 g/mol. The van der Waals surface area contributed by atoms with Gasteiger partial charge in [0.25, 0.3) is 5.09 Å². The lowest BCUT2D eigenvalue weighted by Gasteiger charge is -2.01. The zero-order valence-electron chi connectivity index (χ0n) is 6.34. The molecule has 0 amide bonds. The number of hydrogen-bond donors (Lipinski definition) is 2. The molecule has 70 valence electrons. The predicted molar refractivity (Wildman–Crippen MR) is 36.8 cm³/mol. The van der Waals surface area contributed by atoms with Crippen molar-refractivity contribution in [2.24, 2.45) is 0 Å². The fourth-order valence-electron chi connectivity index (χ4n) is 0.216. The molecule has 0 aliphatic heterocycles. The van der Waals surface area contributed by atoms with Crippen molar-refractivity contribution in [2.45, 2.75) is 13.2 Å². The van der Waals surface area contributed by atoms with Gasteiger partial charge >= 0.3 is 5.97 Å². The van der Waals surface area contributed by atoms with Crippen molar-refractivity contribution in [2.75, 3.05) is 0 Å². The molecule has 0 rings (SSSR count). The normalized spacial score (nSPS) is 10.2. The number of carbonyl (C=O) groups is 1. The first-order valence-electron chi connectivity index (χ1n) is 2.74. The van der Waals surface area contributed by atoms with E-state index in [0.29, 0.717) is 0 Å². The van der Waals surface area contributed by atoms with Crippen LogP contribution in [0, 0.1) is 10.1 Å². The minimum atomic E-state index is -1.50. The van der Waals surface area contributed by atoms with Crippen LogP contribution in [0.25, 0.3) is 0 Å². The van der Waals surface area contributed by atoms with E-state index >= 15 is 0 Å². The summed E-state index contributed by atoms with van der Waals surface area (Å²) in [7, 11) is 0. The van der Waals surface area contributed by atoms with Gasteiger partial charge in [-0.25, -0.2) is 4.79 Å². The number of aliphatic hydroxyl groups is 1. The summed E-state index contributed by atoms with van der Waals surface area (Å²) in [5.74, 6) is -0.611. The highest BCUT2D eigenvalue weighted by Crippen LogP contribution is 1.84. The summed E-state index contributed by atoms with van der Waals surface area (Å²) in [6.45, 7) is 4.48. The summed E-state index contributed by atoms with van der Waals surface area (Å²) in [5.41, 5.74) is 0. The summed E-state index contributed by atoms with van der Waals surface area (Å²) in [4.78, 5) is 18.5. The van der Waals surface area contributed by atoms with Gasteiger partial charge in [0.15, 0.2) is 6.29 Å². The van der Waals surface area contributed by atoms with Gasteiger partial charge in [0, 0.05) is 6.08 Å². The van der Waals surface area contributed by atoms with E-state index in [-0.39, 0.29) is 0 Å². The van der Waals surface area contributed by atoms with E-state index in [2.05, 4.69) is 11.3 Å². The largest absolute Gasteiger partial charge is 0.433 e. The summed E-state index contributed by atoms with van der Waals surface area (Å²) in [6, 6.07) is 0. The molecule has 0 spiro atoms. The topological polar surface area (TPSA) is 110 Å². The zero-order valence-corrected chi connectivity index (χ0v) is 6.34. The monoisotopic (exact) mass is 179 g/mol. The Morgan fingerprint density at radius 1 is 1.83 bits per heavy atom. The highest BCUT2D eigenvalue weighted by atomic mass is 16.9. The molecule has 0 bridgehead atoms. The van der Waals surface area contributed by atoms with E-state index in [0.717, 1.165) is 6.08 Å². The fraction of sp³-hybridized carbons (Fsp3) is 0.400. The maximum atomic E-state index is 10.1. The maximum Gasteiger partial charge on any atom is 0.332 e. The third kappa shape index (κ3) is 23.8. The number of aliphatic hydroxyl groups excluding tert-OH is 1.